The van der Waals surface area contributed by atoms with E-state index in [0.29, 0.717) is 26.4 Å². The molecular weight excluding hydrogens is 1020 g/mol. The Labute approximate surface area is 514 Å². The number of ether oxygens (including phenoxy) is 5. The Balaban J connectivity index is 1.79. The van der Waals surface area contributed by atoms with Gasteiger partial charge in [-0.2, -0.15) is 0 Å². The maximum Gasteiger partial charge on any atom is 0.203 e. The first kappa shape index (κ1) is 73.8. The first-order valence-corrected chi connectivity index (χ1v) is 36.6. The molecule has 0 atom stereocenters. The van der Waals surface area contributed by atoms with E-state index in [1.165, 1.54) is 289 Å². The van der Waals surface area contributed by atoms with Crippen molar-refractivity contribution in [1.82, 2.24) is 4.98 Å². The van der Waals surface area contributed by atoms with Crippen molar-refractivity contribution >= 4 is 0 Å². The Kier molecular flexibility index (Phi) is 49.1. The van der Waals surface area contributed by atoms with Crippen molar-refractivity contribution in [3.05, 3.63) is 48.7 Å². The van der Waals surface area contributed by atoms with Gasteiger partial charge in [0.05, 0.1) is 38.7 Å². The van der Waals surface area contributed by atoms with E-state index >= 15 is 0 Å². The van der Waals surface area contributed by atoms with E-state index in [0.717, 1.165) is 89.8 Å². The van der Waals surface area contributed by atoms with Crippen LogP contribution in [-0.4, -0.2) is 38.0 Å². The van der Waals surface area contributed by atoms with Crippen LogP contribution in [-0.2, 0) is 0 Å². The summed E-state index contributed by atoms with van der Waals surface area (Å²) in [7, 11) is 0. The van der Waals surface area contributed by atoms with Gasteiger partial charge in [-0.05, 0) is 74.1 Å². The number of nitrogens with zero attached hydrogens (tertiary/aromatic N) is 1. The van der Waals surface area contributed by atoms with Crippen LogP contribution < -0.4 is 23.7 Å². The number of aromatic nitrogens is 1. The van der Waals surface area contributed by atoms with Crippen molar-refractivity contribution in [2.75, 3.05) is 33.0 Å². The number of unbranched alkanes of at least 4 members (excludes halogenated alkanes) is 45. The third-order valence-electron chi connectivity index (χ3n) is 17.1. The fraction of sp³-hybridized carbons (Fsp3) is 0.779. The van der Waals surface area contributed by atoms with Gasteiger partial charge in [0.2, 0.25) is 5.75 Å². The van der Waals surface area contributed by atoms with Gasteiger partial charge in [-0.1, -0.05) is 330 Å². The Morgan fingerprint density at radius 2 is 0.482 bits per heavy atom. The van der Waals surface area contributed by atoms with Crippen LogP contribution in [0.15, 0.2) is 48.7 Å². The summed E-state index contributed by atoms with van der Waals surface area (Å²) in [5.74, 6) is 4.04. The standard InChI is InChI=1S/C77H133NO5/c1-6-11-16-21-26-31-36-41-46-51-60-79-73-59-57-69(65-74(73)80-61-52-47-42-37-32-27-22-17-12-7-2)72-58-56-70(68-78-72)71-66-75(81-62-53-48-43-38-33-28-23-18-13-8-3)77(83-64-55-50-45-40-35-30-25-20-15-10-5)76(67-71)82-63-54-49-44-39-34-29-24-19-14-9-4/h56-59,65-68H,6-55,60-64H2,1-5H3. The topological polar surface area (TPSA) is 59.0 Å². The average molecular weight is 1150 g/mol. The number of rotatable bonds is 62. The highest BCUT2D eigenvalue weighted by molar-refractivity contribution is 5.73. The molecule has 6 heteroatoms. The highest BCUT2D eigenvalue weighted by atomic mass is 16.5. The first-order chi connectivity index (χ1) is 41.1. The summed E-state index contributed by atoms with van der Waals surface area (Å²) in [6.07, 6.45) is 67.2. The molecule has 0 saturated heterocycles. The van der Waals surface area contributed by atoms with E-state index in [9.17, 15) is 0 Å². The van der Waals surface area contributed by atoms with E-state index < -0.39 is 0 Å². The molecule has 0 aliphatic rings. The Morgan fingerprint density at radius 3 is 0.783 bits per heavy atom. The third-order valence-corrected chi connectivity index (χ3v) is 17.1. The number of hydrogen-bond acceptors (Lipinski definition) is 6. The Bertz CT molecular complexity index is 1810. The third kappa shape index (κ3) is 39.1. The average Bonchev–Trinajstić information content (AvgIpc) is 3.69. The van der Waals surface area contributed by atoms with Gasteiger partial charge in [0.25, 0.3) is 0 Å². The molecule has 476 valence electrons. The van der Waals surface area contributed by atoms with E-state index in [-0.39, 0.29) is 0 Å². The largest absolute Gasteiger partial charge is 0.490 e. The predicted molar refractivity (Wildman–Crippen MR) is 362 cm³/mol. The van der Waals surface area contributed by atoms with Crippen LogP contribution in [0.3, 0.4) is 0 Å². The molecule has 0 spiro atoms. The summed E-state index contributed by atoms with van der Waals surface area (Å²) in [5, 5.41) is 0. The van der Waals surface area contributed by atoms with Crippen LogP contribution in [0.1, 0.15) is 356 Å². The van der Waals surface area contributed by atoms with Gasteiger partial charge in [0.15, 0.2) is 23.0 Å². The number of pyridine rings is 1. The molecule has 0 aliphatic carbocycles. The molecule has 83 heavy (non-hydrogen) atoms. The van der Waals surface area contributed by atoms with Gasteiger partial charge < -0.3 is 23.7 Å². The monoisotopic (exact) mass is 1150 g/mol. The van der Waals surface area contributed by atoms with E-state index in [2.05, 4.69) is 77.1 Å². The molecule has 0 fully saturated rings. The molecule has 0 N–H and O–H groups in total. The lowest BCUT2D eigenvalue weighted by atomic mass is 10.0. The molecule has 0 radical (unpaired) electrons. The van der Waals surface area contributed by atoms with E-state index in [1.807, 2.05) is 6.20 Å². The van der Waals surface area contributed by atoms with Gasteiger partial charge >= 0.3 is 0 Å². The fourth-order valence-corrected chi connectivity index (χ4v) is 11.6. The highest BCUT2D eigenvalue weighted by Crippen LogP contribution is 2.43. The number of benzene rings is 2. The molecule has 3 aromatic rings. The molecular formula is C77H133NO5. The van der Waals surface area contributed by atoms with Gasteiger partial charge in [0, 0.05) is 17.3 Å². The minimum atomic E-state index is 0.670. The minimum Gasteiger partial charge on any atom is -0.490 e. The summed E-state index contributed by atoms with van der Waals surface area (Å²) in [4.78, 5) is 5.13. The Morgan fingerprint density at radius 1 is 0.229 bits per heavy atom. The zero-order chi connectivity index (χ0) is 59.0. The molecule has 2 aromatic carbocycles. The summed E-state index contributed by atoms with van der Waals surface area (Å²) < 4.78 is 33.4. The molecule has 6 nitrogen and oxygen atoms in total. The lowest BCUT2D eigenvalue weighted by molar-refractivity contribution is 0.234. The van der Waals surface area contributed by atoms with Gasteiger partial charge in [-0.25, -0.2) is 0 Å². The van der Waals surface area contributed by atoms with Crippen LogP contribution >= 0.6 is 0 Å². The minimum absolute atomic E-state index is 0.670. The number of hydrogen-bond donors (Lipinski definition) is 0. The molecule has 0 aliphatic heterocycles. The normalized spacial score (nSPS) is 11.4. The smallest absolute Gasteiger partial charge is 0.203 e. The summed E-state index contributed by atoms with van der Waals surface area (Å²) >= 11 is 0. The molecule has 1 heterocycles. The SMILES string of the molecule is CCCCCCCCCCCCOc1ccc(-c2ccc(-c3cc(OCCCCCCCCCCCC)c(OCCCCCCCCCCCC)c(OCCCCCCCCCCCC)c3)cn2)cc1OCCCCCCCCCCCC. The zero-order valence-corrected chi connectivity index (χ0v) is 55.5. The summed E-state index contributed by atoms with van der Waals surface area (Å²) in [6.45, 7) is 14.9. The van der Waals surface area contributed by atoms with Crippen LogP contribution in [0, 0.1) is 0 Å². The van der Waals surface area contributed by atoms with Crippen molar-refractivity contribution in [3.8, 4) is 51.1 Å². The maximum absolute atomic E-state index is 6.79. The highest BCUT2D eigenvalue weighted by Gasteiger charge is 2.18. The lowest BCUT2D eigenvalue weighted by Crippen LogP contribution is -2.07. The summed E-state index contributed by atoms with van der Waals surface area (Å²) in [5.41, 5.74) is 4.04. The summed E-state index contributed by atoms with van der Waals surface area (Å²) in [6, 6.07) is 15.2. The van der Waals surface area contributed by atoms with E-state index in [1.54, 1.807) is 0 Å². The van der Waals surface area contributed by atoms with Crippen molar-refractivity contribution in [2.24, 2.45) is 0 Å². The second-order valence-corrected chi connectivity index (χ2v) is 25.0. The van der Waals surface area contributed by atoms with Gasteiger partial charge in [-0.3, -0.25) is 4.98 Å². The predicted octanol–water partition coefficient (Wildman–Crippen LogP) is 25.9. The molecule has 3 rings (SSSR count). The molecule has 0 amide bonds. The molecule has 1 aromatic heterocycles. The lowest BCUT2D eigenvalue weighted by Gasteiger charge is -2.19. The van der Waals surface area contributed by atoms with Crippen LogP contribution in [0.25, 0.3) is 22.4 Å². The Hall–Kier alpha value is -3.41. The maximum atomic E-state index is 6.79. The molecule has 0 unspecified atom stereocenters. The van der Waals surface area contributed by atoms with Crippen LogP contribution in [0.4, 0.5) is 0 Å². The van der Waals surface area contributed by atoms with Crippen LogP contribution in [0.2, 0.25) is 0 Å². The van der Waals surface area contributed by atoms with Crippen LogP contribution in [0.5, 0.6) is 28.7 Å². The first-order valence-electron chi connectivity index (χ1n) is 36.6. The molecule has 0 bridgehead atoms. The second kappa shape index (κ2) is 55.2. The second-order valence-electron chi connectivity index (χ2n) is 25.0. The fourth-order valence-electron chi connectivity index (χ4n) is 11.6. The van der Waals surface area contributed by atoms with Crippen molar-refractivity contribution in [3.63, 3.8) is 0 Å². The zero-order valence-electron chi connectivity index (χ0n) is 55.5. The van der Waals surface area contributed by atoms with Gasteiger partial charge in [0.1, 0.15) is 0 Å². The van der Waals surface area contributed by atoms with E-state index in [4.69, 9.17) is 28.7 Å². The van der Waals surface area contributed by atoms with Crippen molar-refractivity contribution in [1.29, 1.82) is 0 Å². The van der Waals surface area contributed by atoms with Crippen molar-refractivity contribution in [2.45, 2.75) is 356 Å². The van der Waals surface area contributed by atoms with Gasteiger partial charge in [-0.15, -0.1) is 0 Å². The van der Waals surface area contributed by atoms with Crippen molar-refractivity contribution < 1.29 is 23.7 Å². The molecule has 0 saturated carbocycles. The quantitative estimate of drug-likeness (QED) is 0.0525.